The van der Waals surface area contributed by atoms with Crippen molar-refractivity contribution in [3.63, 3.8) is 0 Å². The van der Waals surface area contributed by atoms with Gasteiger partial charge in [0.25, 0.3) is 0 Å². The van der Waals surface area contributed by atoms with E-state index in [1.54, 1.807) is 48.8 Å². The SMILES string of the molecule is Cc1nc(C(CC(F)F)C(=O)Nc2cc(-c3[nH]c4ccc(F)nc4c3-c3ccccn3)ccn2)cs1. The minimum Gasteiger partial charge on any atom is -0.353 e. The second-order valence-corrected chi connectivity index (χ2v) is 9.07. The van der Waals surface area contributed by atoms with Crippen molar-refractivity contribution >= 4 is 34.1 Å². The number of pyridine rings is 3. The number of H-pyrrole nitrogens is 1. The van der Waals surface area contributed by atoms with Crippen molar-refractivity contribution in [2.45, 2.75) is 25.7 Å². The zero-order valence-corrected chi connectivity index (χ0v) is 19.7. The molecule has 0 saturated carbocycles. The Hall–Kier alpha value is -4.12. The van der Waals surface area contributed by atoms with Gasteiger partial charge in [-0.05, 0) is 43.3 Å². The van der Waals surface area contributed by atoms with Crippen molar-refractivity contribution in [3.05, 3.63) is 76.9 Å². The molecule has 0 fully saturated rings. The molecule has 0 aliphatic carbocycles. The van der Waals surface area contributed by atoms with Gasteiger partial charge in [-0.25, -0.2) is 23.7 Å². The molecule has 0 aliphatic rings. The Morgan fingerprint density at radius 1 is 1.11 bits per heavy atom. The molecule has 5 heterocycles. The molecule has 0 aliphatic heterocycles. The van der Waals surface area contributed by atoms with Crippen LogP contribution in [-0.4, -0.2) is 37.3 Å². The van der Waals surface area contributed by atoms with Crippen LogP contribution in [-0.2, 0) is 4.79 Å². The van der Waals surface area contributed by atoms with Gasteiger partial charge in [-0.3, -0.25) is 9.78 Å². The Labute approximate surface area is 207 Å². The second kappa shape index (κ2) is 9.86. The summed E-state index contributed by atoms with van der Waals surface area (Å²) < 4.78 is 40.5. The summed E-state index contributed by atoms with van der Waals surface area (Å²) in [5.74, 6) is -2.20. The molecule has 0 saturated heterocycles. The standard InChI is InChI=1S/C25H19F3N6OS/c1-13-31-18(12-36-13)15(11-19(26)27)25(35)34-21-10-14(7-9-30-21)23-22(16-4-2-3-8-29-16)24-17(32-23)5-6-20(28)33-24/h2-10,12,15,19,32H,11H2,1H3,(H,30,34,35). The van der Waals surface area contributed by atoms with E-state index in [1.165, 1.54) is 23.6 Å². The number of carbonyl (C=O) groups is 1. The Morgan fingerprint density at radius 3 is 2.69 bits per heavy atom. The number of alkyl halides is 2. The van der Waals surface area contributed by atoms with Gasteiger partial charge in [-0.2, -0.15) is 4.39 Å². The molecule has 0 aromatic carbocycles. The van der Waals surface area contributed by atoms with Gasteiger partial charge in [0.2, 0.25) is 18.3 Å². The third kappa shape index (κ3) is 4.82. The van der Waals surface area contributed by atoms with E-state index < -0.39 is 30.6 Å². The summed E-state index contributed by atoms with van der Waals surface area (Å²) in [5.41, 5.74) is 3.69. The average molecular weight is 509 g/mol. The van der Waals surface area contributed by atoms with Crippen LogP contribution in [0.25, 0.3) is 33.5 Å². The smallest absolute Gasteiger partial charge is 0.239 e. The highest BCUT2D eigenvalue weighted by Crippen LogP contribution is 2.37. The lowest BCUT2D eigenvalue weighted by molar-refractivity contribution is -0.118. The predicted molar refractivity (Wildman–Crippen MR) is 131 cm³/mol. The van der Waals surface area contributed by atoms with Crippen molar-refractivity contribution in [2.24, 2.45) is 0 Å². The van der Waals surface area contributed by atoms with Gasteiger partial charge in [0, 0.05) is 29.8 Å². The second-order valence-electron chi connectivity index (χ2n) is 8.01. The van der Waals surface area contributed by atoms with Gasteiger partial charge < -0.3 is 10.3 Å². The van der Waals surface area contributed by atoms with E-state index in [1.807, 2.05) is 6.07 Å². The van der Waals surface area contributed by atoms with Crippen LogP contribution in [0.5, 0.6) is 0 Å². The van der Waals surface area contributed by atoms with Crippen LogP contribution in [0.4, 0.5) is 19.0 Å². The number of nitrogens with one attached hydrogen (secondary N) is 2. The van der Waals surface area contributed by atoms with Gasteiger partial charge in [0.05, 0.1) is 39.1 Å². The highest BCUT2D eigenvalue weighted by Gasteiger charge is 2.27. The number of thiazole rings is 1. The Bertz CT molecular complexity index is 1540. The molecule has 2 N–H and O–H groups in total. The number of hydrogen-bond acceptors (Lipinski definition) is 6. The topological polar surface area (TPSA) is 96.5 Å². The van der Waals surface area contributed by atoms with Crippen LogP contribution in [0, 0.1) is 12.9 Å². The first-order valence-electron chi connectivity index (χ1n) is 11.0. The Balaban J connectivity index is 1.52. The minimum atomic E-state index is -2.68. The number of aromatic amines is 1. The van der Waals surface area contributed by atoms with Crippen LogP contribution in [0.15, 0.2) is 60.2 Å². The van der Waals surface area contributed by atoms with Gasteiger partial charge in [0.15, 0.2) is 0 Å². The van der Waals surface area contributed by atoms with Crippen LogP contribution >= 0.6 is 11.3 Å². The molecule has 1 atom stereocenters. The number of amides is 1. The van der Waals surface area contributed by atoms with Gasteiger partial charge in [-0.1, -0.05) is 6.07 Å². The molecule has 36 heavy (non-hydrogen) atoms. The zero-order valence-electron chi connectivity index (χ0n) is 18.9. The summed E-state index contributed by atoms with van der Waals surface area (Å²) in [5, 5.41) is 4.94. The van der Waals surface area contributed by atoms with E-state index in [0.717, 1.165) is 0 Å². The molecule has 5 rings (SSSR count). The van der Waals surface area contributed by atoms with Crippen molar-refractivity contribution in [3.8, 4) is 22.5 Å². The molecule has 0 bridgehead atoms. The number of fused-ring (bicyclic) bond motifs is 1. The first-order valence-corrected chi connectivity index (χ1v) is 11.8. The highest BCUT2D eigenvalue weighted by atomic mass is 32.1. The van der Waals surface area contributed by atoms with Crippen molar-refractivity contribution in [1.29, 1.82) is 0 Å². The van der Waals surface area contributed by atoms with Crippen LogP contribution in [0.2, 0.25) is 0 Å². The van der Waals surface area contributed by atoms with Crippen LogP contribution in [0.1, 0.15) is 23.0 Å². The summed E-state index contributed by atoms with van der Waals surface area (Å²) in [4.78, 5) is 33.1. The van der Waals surface area contributed by atoms with E-state index in [-0.39, 0.29) is 5.82 Å². The number of aryl methyl sites for hydroxylation is 1. The lowest BCUT2D eigenvalue weighted by atomic mass is 10.0. The molecule has 182 valence electrons. The first-order chi connectivity index (χ1) is 17.4. The van der Waals surface area contributed by atoms with E-state index in [9.17, 15) is 18.0 Å². The molecule has 1 unspecified atom stereocenters. The van der Waals surface area contributed by atoms with E-state index in [2.05, 4.69) is 30.2 Å². The summed E-state index contributed by atoms with van der Waals surface area (Å²) >= 11 is 1.29. The third-order valence-electron chi connectivity index (χ3n) is 5.55. The minimum absolute atomic E-state index is 0.175. The van der Waals surface area contributed by atoms with E-state index in [0.29, 0.717) is 44.2 Å². The molecule has 5 aromatic heterocycles. The lowest BCUT2D eigenvalue weighted by Gasteiger charge is -2.15. The first kappa shape index (κ1) is 23.6. The molecule has 0 spiro atoms. The fourth-order valence-electron chi connectivity index (χ4n) is 3.97. The largest absolute Gasteiger partial charge is 0.353 e. The van der Waals surface area contributed by atoms with Gasteiger partial charge >= 0.3 is 0 Å². The molecule has 5 aromatic rings. The molecule has 0 radical (unpaired) electrons. The van der Waals surface area contributed by atoms with E-state index >= 15 is 0 Å². The number of anilines is 1. The van der Waals surface area contributed by atoms with Crippen molar-refractivity contribution < 1.29 is 18.0 Å². The maximum Gasteiger partial charge on any atom is 0.239 e. The number of halogens is 3. The number of carbonyl (C=O) groups excluding carboxylic acids is 1. The summed E-state index contributed by atoms with van der Waals surface area (Å²) in [7, 11) is 0. The summed E-state index contributed by atoms with van der Waals surface area (Å²) in [6.45, 7) is 1.75. The molecular formula is C25H19F3N6OS. The normalized spacial score (nSPS) is 12.2. The van der Waals surface area contributed by atoms with Gasteiger partial charge in [0.1, 0.15) is 11.3 Å². The van der Waals surface area contributed by atoms with Crippen LogP contribution < -0.4 is 5.32 Å². The Kier molecular flexibility index (Phi) is 6.47. The third-order valence-corrected chi connectivity index (χ3v) is 6.34. The molecular weight excluding hydrogens is 489 g/mol. The van der Waals surface area contributed by atoms with Crippen molar-refractivity contribution in [2.75, 3.05) is 5.32 Å². The maximum atomic E-state index is 14.0. The lowest BCUT2D eigenvalue weighted by Crippen LogP contribution is -2.24. The zero-order chi connectivity index (χ0) is 25.2. The summed E-state index contributed by atoms with van der Waals surface area (Å²) in [6.07, 6.45) is -0.222. The quantitative estimate of drug-likeness (QED) is 0.264. The number of aromatic nitrogens is 5. The highest BCUT2D eigenvalue weighted by molar-refractivity contribution is 7.09. The number of nitrogens with zero attached hydrogens (tertiary/aromatic N) is 4. The Morgan fingerprint density at radius 2 is 1.97 bits per heavy atom. The molecule has 7 nitrogen and oxygen atoms in total. The van der Waals surface area contributed by atoms with Crippen molar-refractivity contribution in [1.82, 2.24) is 24.9 Å². The van der Waals surface area contributed by atoms with E-state index in [4.69, 9.17) is 0 Å². The number of hydrogen-bond donors (Lipinski definition) is 2. The fourth-order valence-corrected chi connectivity index (χ4v) is 4.63. The molecule has 1 amide bonds. The predicted octanol–water partition coefficient (Wildman–Crippen LogP) is 5.97. The van der Waals surface area contributed by atoms with Crippen LogP contribution in [0.3, 0.4) is 0 Å². The molecule has 11 heteroatoms. The van der Waals surface area contributed by atoms with Gasteiger partial charge in [-0.15, -0.1) is 11.3 Å². The summed E-state index contributed by atoms with van der Waals surface area (Å²) in [6, 6.07) is 11.5. The monoisotopic (exact) mass is 508 g/mol. The maximum absolute atomic E-state index is 14.0. The average Bonchev–Trinajstić information content (AvgIpc) is 3.46. The fraction of sp³-hybridized carbons (Fsp3) is 0.160. The number of rotatable bonds is 7.